The number of rotatable bonds is 16. The van der Waals surface area contributed by atoms with Crippen molar-refractivity contribution >= 4 is 76.7 Å². The van der Waals surface area contributed by atoms with Gasteiger partial charge in [-0.05, 0) is 135 Å². The van der Waals surface area contributed by atoms with Gasteiger partial charge in [0.25, 0.3) is 5.91 Å². The number of aliphatic hydroxyl groups is 2. The molecule has 6 N–H and O–H groups in total. The van der Waals surface area contributed by atoms with Crippen LogP contribution in [0.25, 0.3) is 0 Å². The predicted octanol–water partition coefficient (Wildman–Crippen LogP) is 6.04. The fourth-order valence-corrected chi connectivity index (χ4v) is 17.9. The molecule has 5 heterocycles. The molecule has 4 aliphatic carbocycles. The number of benzene rings is 1. The number of fused-ring (bicyclic) bond motifs is 7. The number of urea groups is 1. The van der Waals surface area contributed by atoms with Gasteiger partial charge in [-0.1, -0.05) is 20.3 Å². The zero-order valence-corrected chi connectivity index (χ0v) is 42.0. The largest absolute Gasteiger partial charge is 0.462 e. The maximum atomic E-state index is 13.1. The number of carbonyl (C=O) groups is 6. The van der Waals surface area contributed by atoms with Crippen molar-refractivity contribution in [1.82, 2.24) is 20.9 Å². The Morgan fingerprint density at radius 1 is 0.942 bits per heavy atom. The Morgan fingerprint density at radius 2 is 1.75 bits per heavy atom. The fourth-order valence-electron chi connectivity index (χ4n) is 14.1. The fraction of sp³-hybridized carbons (Fsp3) is 0.686. The number of hydrogen-bond acceptors (Lipinski definition) is 13. The van der Waals surface area contributed by atoms with Crippen LogP contribution in [0.3, 0.4) is 0 Å². The van der Waals surface area contributed by atoms with E-state index in [1.54, 1.807) is 34.5 Å². The third-order valence-electron chi connectivity index (χ3n) is 17.9. The first-order valence-electron chi connectivity index (χ1n) is 25.2. The minimum absolute atomic E-state index is 0.00890. The smallest absolute Gasteiger partial charge is 0.331 e. The zero-order valence-electron chi connectivity index (χ0n) is 39.6. The van der Waals surface area contributed by atoms with E-state index < -0.39 is 23.2 Å². The number of anilines is 1. The number of nitrogens with zero attached hydrogens (tertiary/aromatic N) is 1. The second kappa shape index (κ2) is 19.7. The van der Waals surface area contributed by atoms with Crippen LogP contribution in [0.4, 0.5) is 10.5 Å². The zero-order chi connectivity index (χ0) is 48.2. The SMILES string of the molecule is C[C@]12CC[C@H](OC(=O)CCCC(=O)N[C@H]3C(=O)N4C=C(CSc5ccc(NC(=O)CCCC[C@H]6SC[C@H]7NC(=O)N[C@H]76)cc5)CS[C@@H]34)C[C@H]1CC[C@@H]1[C@@H]2C[C@@H](O)[C@]2(C)[C@@H](C3=CC(=O)OC3)CC[C@]12O. The third-order valence-corrected chi connectivity index (χ3v) is 21.9. The van der Waals surface area contributed by atoms with E-state index in [1.165, 1.54) is 0 Å². The molecule has 5 amide bonds. The van der Waals surface area contributed by atoms with E-state index in [0.717, 1.165) is 91.0 Å². The molecule has 0 spiro atoms. The molecular weight excluding hydrogens is 939 g/mol. The summed E-state index contributed by atoms with van der Waals surface area (Å²) in [6.07, 6.45) is 12.3. The standard InChI is InChI=1S/C51H67N5O10S3/c1-49-18-16-32(21-30(49)10-15-35-36(49)22-39(57)50(2)34(17-19-51(35,50)64)29-20-43(61)65-24-29)66-42(60)9-5-8-41(59)54-45-46(62)56-23-28(26-69-47(45)56)25-67-33-13-11-31(12-14-33)52-40(58)7-4-3-6-38-44-37(27-68-38)53-48(63)55-44/h11-14,20,23,30,32,34-39,44-45,47,57,64H,3-10,15-19,21-22,24-27H2,1-2H3,(H,52,58)(H,54,59)(H2,53,55,63)/t30-,32+,34-,35-,36+,37-,38-,39-,44-,45+,47+,49+,50+,51+/m1/s1. The summed E-state index contributed by atoms with van der Waals surface area (Å²) in [7, 11) is 0. The second-order valence-corrected chi connectivity index (χ2v) is 25.0. The van der Waals surface area contributed by atoms with E-state index >= 15 is 0 Å². The summed E-state index contributed by atoms with van der Waals surface area (Å²) in [5.74, 6) is 1.73. The summed E-state index contributed by atoms with van der Waals surface area (Å²) in [4.78, 5) is 78.1. The lowest BCUT2D eigenvalue weighted by Gasteiger charge is -2.65. The number of esters is 2. The average molecular weight is 1010 g/mol. The van der Waals surface area contributed by atoms with Gasteiger partial charge in [-0.25, -0.2) is 9.59 Å². The molecule has 4 saturated carbocycles. The van der Waals surface area contributed by atoms with Crippen LogP contribution in [0, 0.1) is 34.5 Å². The number of hydrogen-bond donors (Lipinski definition) is 6. The molecule has 5 aliphatic heterocycles. The van der Waals surface area contributed by atoms with Crippen molar-refractivity contribution < 1.29 is 48.5 Å². The van der Waals surface area contributed by atoms with Crippen LogP contribution in [0.5, 0.6) is 0 Å². The van der Waals surface area contributed by atoms with Gasteiger partial charge in [-0.2, -0.15) is 11.8 Å². The quantitative estimate of drug-likeness (QED) is 0.0367. The number of nitrogens with one attached hydrogen (secondary N) is 4. The predicted molar refractivity (Wildman–Crippen MR) is 264 cm³/mol. The van der Waals surface area contributed by atoms with Gasteiger partial charge in [-0.15, -0.1) is 23.5 Å². The van der Waals surface area contributed by atoms with Crippen LogP contribution in [0.2, 0.25) is 0 Å². The van der Waals surface area contributed by atoms with Gasteiger partial charge in [0.05, 0.1) is 23.8 Å². The minimum Gasteiger partial charge on any atom is -0.462 e. The monoisotopic (exact) mass is 1010 g/mol. The van der Waals surface area contributed by atoms with E-state index in [0.29, 0.717) is 42.6 Å². The summed E-state index contributed by atoms with van der Waals surface area (Å²) in [5.41, 5.74) is 0.890. The Labute approximate surface area is 417 Å². The average Bonchev–Trinajstić information content (AvgIpc) is 4.10. The highest BCUT2D eigenvalue weighted by Gasteiger charge is 2.71. The molecule has 1 aromatic carbocycles. The molecule has 0 unspecified atom stereocenters. The number of amides is 5. The van der Waals surface area contributed by atoms with Crippen LogP contribution in [0.1, 0.15) is 110 Å². The van der Waals surface area contributed by atoms with Crippen molar-refractivity contribution in [1.29, 1.82) is 0 Å². The normalized spacial score (nSPS) is 38.4. The number of unbranched alkanes of at least 4 members (excludes halogenated alkanes) is 1. The van der Waals surface area contributed by atoms with Gasteiger partial charge in [0, 0.05) is 70.0 Å². The number of carbonyl (C=O) groups excluding carboxylic acids is 6. The number of aliphatic hydroxyl groups excluding tert-OH is 1. The molecule has 9 aliphatic rings. The highest BCUT2D eigenvalue weighted by atomic mass is 32.2. The Balaban J connectivity index is 0.608. The van der Waals surface area contributed by atoms with Crippen molar-refractivity contribution in [2.24, 2.45) is 34.5 Å². The summed E-state index contributed by atoms with van der Waals surface area (Å²) < 4.78 is 11.3. The van der Waals surface area contributed by atoms with Crippen LogP contribution in [-0.4, -0.2) is 121 Å². The van der Waals surface area contributed by atoms with Crippen molar-refractivity contribution in [3.05, 3.63) is 47.7 Å². The summed E-state index contributed by atoms with van der Waals surface area (Å²) in [6, 6.07) is 7.52. The molecule has 10 rings (SSSR count). The third kappa shape index (κ3) is 9.36. The first kappa shape index (κ1) is 48.9. The highest BCUT2D eigenvalue weighted by Crippen LogP contribution is 2.70. The Bertz CT molecular complexity index is 2280. The molecular formula is C51H67N5O10S3. The second-order valence-electron chi connectivity index (χ2n) is 21.6. The van der Waals surface area contributed by atoms with Crippen molar-refractivity contribution in [3.8, 4) is 0 Å². The number of cyclic esters (lactones) is 1. The topological polar surface area (TPSA) is 213 Å². The molecule has 0 radical (unpaired) electrons. The van der Waals surface area contributed by atoms with Crippen molar-refractivity contribution in [3.63, 3.8) is 0 Å². The summed E-state index contributed by atoms with van der Waals surface area (Å²) >= 11 is 5.19. The number of β-lactam (4-membered cyclic amide) rings is 1. The molecule has 0 aromatic heterocycles. The number of ether oxygens (including phenoxy) is 2. The molecule has 3 saturated heterocycles. The lowest BCUT2D eigenvalue weighted by atomic mass is 9.42. The van der Waals surface area contributed by atoms with Crippen LogP contribution < -0.4 is 21.3 Å². The van der Waals surface area contributed by atoms with E-state index in [4.69, 9.17) is 9.47 Å². The van der Waals surface area contributed by atoms with Gasteiger partial charge < -0.3 is 45.9 Å². The molecule has 7 fully saturated rings. The van der Waals surface area contributed by atoms with Crippen LogP contribution in [0.15, 0.2) is 52.6 Å². The maximum Gasteiger partial charge on any atom is 0.331 e. The van der Waals surface area contributed by atoms with Gasteiger partial charge in [-0.3, -0.25) is 19.2 Å². The van der Waals surface area contributed by atoms with E-state index in [-0.39, 0.29) is 102 Å². The first-order valence-corrected chi connectivity index (χ1v) is 28.3. The van der Waals surface area contributed by atoms with Gasteiger partial charge in [0.2, 0.25) is 11.8 Å². The molecule has 18 heteroatoms. The Morgan fingerprint density at radius 3 is 2.55 bits per heavy atom. The van der Waals surface area contributed by atoms with E-state index in [1.807, 2.05) is 49.2 Å². The van der Waals surface area contributed by atoms with Gasteiger partial charge in [0.1, 0.15) is 24.1 Å². The van der Waals surface area contributed by atoms with Crippen LogP contribution >= 0.6 is 35.3 Å². The number of thioether (sulfide) groups is 3. The molecule has 1 aromatic rings. The summed E-state index contributed by atoms with van der Waals surface area (Å²) in [6.45, 7) is 4.57. The Hall–Kier alpha value is -3.71. The van der Waals surface area contributed by atoms with E-state index in [9.17, 15) is 39.0 Å². The molecule has 14 atom stereocenters. The summed E-state index contributed by atoms with van der Waals surface area (Å²) in [5, 5.41) is 36.5. The maximum absolute atomic E-state index is 13.1. The molecule has 69 heavy (non-hydrogen) atoms. The van der Waals surface area contributed by atoms with Gasteiger partial charge >= 0.3 is 18.0 Å². The lowest BCUT2D eigenvalue weighted by molar-refractivity contribution is -0.245. The van der Waals surface area contributed by atoms with Gasteiger partial charge in [0.15, 0.2) is 0 Å². The Kier molecular flexibility index (Phi) is 14.0. The first-order chi connectivity index (χ1) is 33.1. The van der Waals surface area contributed by atoms with Crippen LogP contribution in [-0.2, 0) is 33.4 Å². The molecule has 15 nitrogen and oxygen atoms in total. The minimum atomic E-state index is -1.03. The lowest BCUT2D eigenvalue weighted by Crippen LogP contribution is -2.68. The molecule has 0 bridgehead atoms. The van der Waals surface area contributed by atoms with Crippen molar-refractivity contribution in [2.75, 3.05) is 29.2 Å². The highest BCUT2D eigenvalue weighted by molar-refractivity contribution is 8.01. The van der Waals surface area contributed by atoms with Crippen molar-refractivity contribution in [2.45, 2.75) is 162 Å². The molecule has 374 valence electrons. The van der Waals surface area contributed by atoms with E-state index in [2.05, 4.69) is 28.2 Å².